The Morgan fingerprint density at radius 2 is 1.92 bits per heavy atom. The Balaban J connectivity index is 0. The van der Waals surface area contributed by atoms with E-state index in [1.54, 1.807) is 0 Å². The predicted octanol–water partition coefficient (Wildman–Crippen LogP) is 1.91. The van der Waals surface area contributed by atoms with E-state index in [9.17, 15) is 8.78 Å². The van der Waals surface area contributed by atoms with Gasteiger partial charge >= 0.3 is 5.92 Å². The molecular formula is C6H8Cl2F2N2. The highest BCUT2D eigenvalue weighted by Gasteiger charge is 2.22. The molecule has 12 heavy (non-hydrogen) atoms. The second-order valence-electron chi connectivity index (χ2n) is 1.92. The number of alkyl halides is 2. The molecule has 0 atom stereocenters. The van der Waals surface area contributed by atoms with Crippen molar-refractivity contribution in [3.8, 4) is 0 Å². The van der Waals surface area contributed by atoms with Crippen LogP contribution < -0.4 is 5.73 Å². The molecule has 0 aromatic carbocycles. The highest BCUT2D eigenvalue weighted by atomic mass is 35.5. The van der Waals surface area contributed by atoms with Crippen molar-refractivity contribution >= 4 is 31.0 Å². The monoisotopic (exact) mass is 216 g/mol. The van der Waals surface area contributed by atoms with Crippen LogP contribution in [-0.4, -0.2) is 12.1 Å². The van der Waals surface area contributed by atoms with Crippen LogP contribution in [0.3, 0.4) is 0 Å². The summed E-state index contributed by atoms with van der Waals surface area (Å²) in [7, 11) is 0. The fraction of sp³-hybridized carbons (Fsp3) is 0.167. The summed E-state index contributed by atoms with van der Waals surface area (Å²) in [6, 6.07) is 0. The zero-order chi connectivity index (χ0) is 7.61. The van der Waals surface area contributed by atoms with Crippen LogP contribution in [-0.2, 0) is 0 Å². The van der Waals surface area contributed by atoms with Gasteiger partial charge in [0, 0.05) is 11.9 Å². The molecule has 0 fully saturated rings. The minimum atomic E-state index is -2.96. The molecule has 2 nitrogen and oxygen atoms in total. The van der Waals surface area contributed by atoms with E-state index >= 15 is 0 Å². The number of hydrogen-bond donors (Lipinski definition) is 1. The van der Waals surface area contributed by atoms with Gasteiger partial charge in [0.2, 0.25) is 0 Å². The van der Waals surface area contributed by atoms with E-state index in [1.807, 2.05) is 0 Å². The predicted molar refractivity (Wildman–Crippen MR) is 49.3 cm³/mol. The van der Waals surface area contributed by atoms with Crippen molar-refractivity contribution in [1.82, 2.24) is 0 Å². The Labute approximate surface area is 81.1 Å². The Morgan fingerprint density at radius 3 is 2.50 bits per heavy atom. The third kappa shape index (κ3) is 4.31. The van der Waals surface area contributed by atoms with Gasteiger partial charge in [0.05, 0.1) is 6.21 Å². The van der Waals surface area contributed by atoms with Crippen molar-refractivity contribution in [3.63, 3.8) is 0 Å². The summed E-state index contributed by atoms with van der Waals surface area (Å²) in [4.78, 5) is 3.28. The quantitative estimate of drug-likeness (QED) is 0.661. The Kier molecular flexibility index (Phi) is 5.94. The summed E-state index contributed by atoms with van der Waals surface area (Å²) in [5.41, 5.74) is 5.41. The van der Waals surface area contributed by atoms with E-state index in [0.717, 1.165) is 6.08 Å². The average molecular weight is 217 g/mol. The zero-order valence-corrected chi connectivity index (χ0v) is 7.54. The largest absolute Gasteiger partial charge is 0.397 e. The van der Waals surface area contributed by atoms with E-state index in [0.29, 0.717) is 12.3 Å². The number of halogens is 4. The fourth-order valence-corrected chi connectivity index (χ4v) is 0.516. The summed E-state index contributed by atoms with van der Waals surface area (Å²) in [6.07, 6.45) is 3.56. The van der Waals surface area contributed by atoms with Gasteiger partial charge in [-0.3, -0.25) is 4.99 Å². The first kappa shape index (κ1) is 13.9. The molecule has 0 bridgehead atoms. The second kappa shape index (κ2) is 5.11. The third-order valence-corrected chi connectivity index (χ3v) is 0.968. The van der Waals surface area contributed by atoms with Crippen LogP contribution in [0.25, 0.3) is 0 Å². The maximum absolute atomic E-state index is 12.3. The van der Waals surface area contributed by atoms with Crippen LogP contribution >= 0.6 is 24.8 Å². The molecule has 1 heterocycles. The Morgan fingerprint density at radius 1 is 1.33 bits per heavy atom. The van der Waals surface area contributed by atoms with E-state index in [2.05, 4.69) is 4.99 Å². The SMILES string of the molecule is Cl.Cl.NC1=CN=CC(F)(F)C=C1. The summed E-state index contributed by atoms with van der Waals surface area (Å²) < 4.78 is 24.6. The molecule has 0 unspecified atom stereocenters. The third-order valence-electron chi connectivity index (χ3n) is 0.968. The molecule has 0 radical (unpaired) electrons. The molecule has 0 spiro atoms. The average Bonchev–Trinajstić information content (AvgIpc) is 1.94. The van der Waals surface area contributed by atoms with Crippen molar-refractivity contribution in [1.29, 1.82) is 0 Å². The first-order chi connectivity index (χ1) is 4.60. The van der Waals surface area contributed by atoms with Gasteiger partial charge in [-0.2, -0.15) is 8.78 Å². The van der Waals surface area contributed by atoms with Gasteiger partial charge < -0.3 is 5.73 Å². The zero-order valence-electron chi connectivity index (χ0n) is 5.91. The van der Waals surface area contributed by atoms with Gasteiger partial charge in [0.1, 0.15) is 0 Å². The number of nitrogens with zero attached hydrogens (tertiary/aromatic N) is 1. The maximum atomic E-state index is 12.3. The molecule has 1 rings (SSSR count). The standard InChI is InChI=1S/C6H6F2N2.2ClH/c7-6(8)2-1-5(9)3-10-4-6;;/h1-4H,9H2;2*1H. The van der Waals surface area contributed by atoms with Gasteiger partial charge in [0.15, 0.2) is 0 Å². The maximum Gasteiger partial charge on any atom is 0.301 e. The number of nitrogens with two attached hydrogens (primary N) is 1. The lowest BCUT2D eigenvalue weighted by Crippen LogP contribution is -2.12. The van der Waals surface area contributed by atoms with E-state index in [1.165, 1.54) is 6.20 Å². The van der Waals surface area contributed by atoms with Crippen LogP contribution in [0.2, 0.25) is 0 Å². The summed E-state index contributed by atoms with van der Waals surface area (Å²) >= 11 is 0. The molecule has 0 aromatic heterocycles. The van der Waals surface area contributed by atoms with Crippen LogP contribution in [0.15, 0.2) is 29.0 Å². The minimum absolute atomic E-state index is 0. The molecule has 0 amide bonds. The van der Waals surface area contributed by atoms with Crippen molar-refractivity contribution in [3.05, 3.63) is 24.0 Å². The van der Waals surface area contributed by atoms with Gasteiger partial charge in [-0.1, -0.05) is 0 Å². The van der Waals surface area contributed by atoms with E-state index in [-0.39, 0.29) is 30.5 Å². The highest BCUT2D eigenvalue weighted by Crippen LogP contribution is 2.14. The van der Waals surface area contributed by atoms with Gasteiger partial charge in [-0.05, 0) is 12.2 Å². The van der Waals surface area contributed by atoms with Gasteiger partial charge in [0.25, 0.3) is 0 Å². The second-order valence-corrected chi connectivity index (χ2v) is 1.92. The van der Waals surface area contributed by atoms with Crippen LogP contribution in [0.1, 0.15) is 0 Å². The van der Waals surface area contributed by atoms with Gasteiger partial charge in [-0.25, -0.2) is 0 Å². The molecular weight excluding hydrogens is 209 g/mol. The molecule has 0 saturated heterocycles. The first-order valence-corrected chi connectivity index (χ1v) is 2.67. The van der Waals surface area contributed by atoms with Crippen molar-refractivity contribution in [2.24, 2.45) is 10.7 Å². The lowest BCUT2D eigenvalue weighted by molar-refractivity contribution is 0.140. The van der Waals surface area contributed by atoms with Crippen molar-refractivity contribution in [2.45, 2.75) is 5.92 Å². The minimum Gasteiger partial charge on any atom is -0.397 e. The number of aliphatic imine (C=N–C) groups is 1. The smallest absolute Gasteiger partial charge is 0.301 e. The summed E-state index contributed by atoms with van der Waals surface area (Å²) in [6.45, 7) is 0. The van der Waals surface area contributed by atoms with Crippen molar-refractivity contribution < 1.29 is 8.78 Å². The Hall–Kier alpha value is -0.610. The lowest BCUT2D eigenvalue weighted by Gasteiger charge is -2.00. The normalized spacial score (nSPS) is 18.3. The first-order valence-electron chi connectivity index (χ1n) is 2.67. The van der Waals surface area contributed by atoms with E-state index in [4.69, 9.17) is 5.73 Å². The number of hydrogen-bond acceptors (Lipinski definition) is 2. The van der Waals surface area contributed by atoms with Crippen LogP contribution in [0.4, 0.5) is 8.78 Å². The molecule has 0 saturated carbocycles. The summed E-state index contributed by atoms with van der Waals surface area (Å²) in [5.74, 6) is -2.96. The summed E-state index contributed by atoms with van der Waals surface area (Å²) in [5, 5.41) is 0. The van der Waals surface area contributed by atoms with Gasteiger partial charge in [-0.15, -0.1) is 24.8 Å². The van der Waals surface area contributed by atoms with Crippen LogP contribution in [0, 0.1) is 0 Å². The molecule has 1 aliphatic rings. The molecule has 0 aliphatic carbocycles. The topological polar surface area (TPSA) is 38.4 Å². The number of rotatable bonds is 0. The molecule has 70 valence electrons. The van der Waals surface area contributed by atoms with Crippen molar-refractivity contribution in [2.75, 3.05) is 0 Å². The lowest BCUT2D eigenvalue weighted by atomic mass is 10.3. The fourth-order valence-electron chi connectivity index (χ4n) is 0.516. The van der Waals surface area contributed by atoms with Crippen LogP contribution in [0.5, 0.6) is 0 Å². The molecule has 1 aliphatic heterocycles. The Bertz CT molecular complexity index is 224. The molecule has 0 aromatic rings. The number of allylic oxidation sites excluding steroid dienone is 2. The highest BCUT2D eigenvalue weighted by molar-refractivity contribution is 5.85. The van der Waals surface area contributed by atoms with E-state index < -0.39 is 5.92 Å². The molecule has 6 heteroatoms. The molecule has 2 N–H and O–H groups in total.